The lowest BCUT2D eigenvalue weighted by Crippen LogP contribution is -2.20. The van der Waals surface area contributed by atoms with Gasteiger partial charge in [-0.15, -0.1) is 0 Å². The number of hydrogen-bond donors (Lipinski definition) is 1. The standard InChI is InChI=1S/C16H13Cl2NO2/c17-13-2-1-3-14(18)12(13)9-19-7-6-10-4-5-11(16(20)21)8-15(10)19/h1-5,8H,6-7,9H2,(H,20,21). The molecule has 1 aliphatic rings. The van der Waals surface area contributed by atoms with Crippen molar-refractivity contribution in [3.05, 3.63) is 63.1 Å². The fourth-order valence-electron chi connectivity index (χ4n) is 2.62. The van der Waals surface area contributed by atoms with Crippen LogP contribution in [-0.2, 0) is 13.0 Å². The molecule has 2 aromatic carbocycles. The predicted molar refractivity (Wildman–Crippen MR) is 84.6 cm³/mol. The summed E-state index contributed by atoms with van der Waals surface area (Å²) < 4.78 is 0. The molecule has 0 bridgehead atoms. The molecule has 0 unspecified atom stereocenters. The quantitative estimate of drug-likeness (QED) is 0.918. The first-order valence-corrected chi connectivity index (χ1v) is 7.36. The second-order valence-corrected chi connectivity index (χ2v) is 5.83. The van der Waals surface area contributed by atoms with Crippen LogP contribution >= 0.6 is 23.2 Å². The maximum Gasteiger partial charge on any atom is 0.335 e. The predicted octanol–water partition coefficient (Wildman–Crippen LogP) is 4.25. The Hall–Kier alpha value is -1.71. The number of halogens is 2. The first kappa shape index (κ1) is 14.2. The smallest absolute Gasteiger partial charge is 0.335 e. The first-order chi connectivity index (χ1) is 10.1. The number of benzene rings is 2. The van der Waals surface area contributed by atoms with Crippen LogP contribution in [0.2, 0.25) is 10.0 Å². The van der Waals surface area contributed by atoms with E-state index in [0.29, 0.717) is 22.2 Å². The van der Waals surface area contributed by atoms with E-state index in [1.807, 2.05) is 24.3 Å². The minimum atomic E-state index is -0.916. The van der Waals surface area contributed by atoms with Crippen LogP contribution in [0.25, 0.3) is 0 Å². The van der Waals surface area contributed by atoms with Crippen molar-refractivity contribution in [2.24, 2.45) is 0 Å². The minimum Gasteiger partial charge on any atom is -0.478 e. The Morgan fingerprint density at radius 1 is 1.19 bits per heavy atom. The van der Waals surface area contributed by atoms with Gasteiger partial charge in [-0.25, -0.2) is 4.79 Å². The van der Waals surface area contributed by atoms with Gasteiger partial charge in [0, 0.05) is 34.4 Å². The number of aromatic carboxylic acids is 1. The molecule has 5 heteroatoms. The van der Waals surface area contributed by atoms with Crippen molar-refractivity contribution in [2.45, 2.75) is 13.0 Å². The highest BCUT2D eigenvalue weighted by Crippen LogP contribution is 2.33. The lowest BCUT2D eigenvalue weighted by molar-refractivity contribution is 0.0697. The number of rotatable bonds is 3. The molecule has 0 aliphatic carbocycles. The van der Waals surface area contributed by atoms with E-state index in [9.17, 15) is 4.79 Å². The van der Waals surface area contributed by atoms with Crippen LogP contribution in [0.3, 0.4) is 0 Å². The summed E-state index contributed by atoms with van der Waals surface area (Å²) in [5.74, 6) is -0.916. The van der Waals surface area contributed by atoms with Gasteiger partial charge in [-0.05, 0) is 36.2 Å². The topological polar surface area (TPSA) is 40.5 Å². The Morgan fingerprint density at radius 3 is 2.57 bits per heavy atom. The van der Waals surface area contributed by atoms with Gasteiger partial charge in [0.15, 0.2) is 0 Å². The summed E-state index contributed by atoms with van der Waals surface area (Å²) >= 11 is 12.4. The van der Waals surface area contributed by atoms with Crippen LogP contribution in [0, 0.1) is 0 Å². The summed E-state index contributed by atoms with van der Waals surface area (Å²) in [4.78, 5) is 13.2. The minimum absolute atomic E-state index is 0.297. The van der Waals surface area contributed by atoms with Crippen LogP contribution in [0.1, 0.15) is 21.5 Å². The average Bonchev–Trinajstić information content (AvgIpc) is 2.85. The molecule has 1 N–H and O–H groups in total. The molecule has 0 fully saturated rings. The van der Waals surface area contributed by atoms with Gasteiger partial charge in [0.05, 0.1) is 5.56 Å². The molecule has 3 rings (SSSR count). The van der Waals surface area contributed by atoms with Gasteiger partial charge in [0.2, 0.25) is 0 Å². The van der Waals surface area contributed by atoms with Crippen molar-refractivity contribution in [1.82, 2.24) is 0 Å². The van der Waals surface area contributed by atoms with E-state index in [-0.39, 0.29) is 0 Å². The van der Waals surface area contributed by atoms with Gasteiger partial charge in [0.1, 0.15) is 0 Å². The maximum atomic E-state index is 11.1. The number of carboxylic acid groups (broad SMARTS) is 1. The van der Waals surface area contributed by atoms with Gasteiger partial charge in [-0.3, -0.25) is 0 Å². The van der Waals surface area contributed by atoms with E-state index in [0.717, 1.165) is 29.8 Å². The lowest BCUT2D eigenvalue weighted by atomic mass is 10.1. The molecule has 0 amide bonds. The maximum absolute atomic E-state index is 11.1. The lowest BCUT2D eigenvalue weighted by Gasteiger charge is -2.21. The van der Waals surface area contributed by atoms with Crippen molar-refractivity contribution in [1.29, 1.82) is 0 Å². The number of fused-ring (bicyclic) bond motifs is 1. The van der Waals surface area contributed by atoms with Crippen molar-refractivity contribution < 1.29 is 9.90 Å². The van der Waals surface area contributed by atoms with Gasteiger partial charge in [-0.1, -0.05) is 35.3 Å². The van der Waals surface area contributed by atoms with Gasteiger partial charge < -0.3 is 10.0 Å². The molecular weight excluding hydrogens is 309 g/mol. The molecule has 0 saturated heterocycles. The van der Waals surface area contributed by atoms with Crippen molar-refractivity contribution in [3.63, 3.8) is 0 Å². The zero-order valence-electron chi connectivity index (χ0n) is 11.1. The van der Waals surface area contributed by atoms with E-state index < -0.39 is 5.97 Å². The third-order valence-corrected chi connectivity index (χ3v) is 4.44. The van der Waals surface area contributed by atoms with E-state index in [1.165, 1.54) is 0 Å². The molecule has 3 nitrogen and oxygen atoms in total. The van der Waals surface area contributed by atoms with Gasteiger partial charge in [0.25, 0.3) is 0 Å². The Kier molecular flexibility index (Phi) is 3.79. The summed E-state index contributed by atoms with van der Waals surface area (Å²) in [5, 5.41) is 10.4. The number of hydrogen-bond acceptors (Lipinski definition) is 2. The van der Waals surface area contributed by atoms with Crippen molar-refractivity contribution >= 4 is 34.9 Å². The highest BCUT2D eigenvalue weighted by Gasteiger charge is 2.22. The SMILES string of the molecule is O=C(O)c1ccc2c(c1)N(Cc1c(Cl)cccc1Cl)CC2. The van der Waals surface area contributed by atoms with Crippen LogP contribution in [-0.4, -0.2) is 17.6 Å². The second-order valence-electron chi connectivity index (χ2n) is 5.02. The summed E-state index contributed by atoms with van der Waals surface area (Å²) in [6.45, 7) is 1.41. The molecule has 0 saturated carbocycles. The summed E-state index contributed by atoms with van der Waals surface area (Å²) in [7, 11) is 0. The van der Waals surface area contributed by atoms with E-state index in [1.54, 1.807) is 12.1 Å². The Labute approximate surface area is 132 Å². The molecule has 108 valence electrons. The number of anilines is 1. The fraction of sp³-hybridized carbons (Fsp3) is 0.188. The Balaban J connectivity index is 1.94. The van der Waals surface area contributed by atoms with Crippen LogP contribution in [0.15, 0.2) is 36.4 Å². The largest absolute Gasteiger partial charge is 0.478 e. The van der Waals surface area contributed by atoms with Crippen LogP contribution in [0.4, 0.5) is 5.69 Å². The van der Waals surface area contributed by atoms with E-state index in [2.05, 4.69) is 4.90 Å². The van der Waals surface area contributed by atoms with Crippen molar-refractivity contribution in [3.8, 4) is 0 Å². The number of carbonyl (C=O) groups is 1. The first-order valence-electron chi connectivity index (χ1n) is 6.60. The number of nitrogens with zero attached hydrogens (tertiary/aromatic N) is 1. The molecule has 21 heavy (non-hydrogen) atoms. The third kappa shape index (κ3) is 2.71. The Bertz CT molecular complexity index is 695. The zero-order valence-corrected chi connectivity index (χ0v) is 12.7. The molecule has 1 heterocycles. The van der Waals surface area contributed by atoms with Crippen molar-refractivity contribution in [2.75, 3.05) is 11.4 Å². The Morgan fingerprint density at radius 2 is 1.90 bits per heavy atom. The molecule has 0 aromatic heterocycles. The molecule has 0 radical (unpaired) electrons. The highest BCUT2D eigenvalue weighted by atomic mass is 35.5. The zero-order chi connectivity index (χ0) is 15.0. The summed E-state index contributed by atoms with van der Waals surface area (Å²) in [6.07, 6.45) is 0.900. The molecule has 0 spiro atoms. The normalized spacial score (nSPS) is 13.3. The molecule has 1 aliphatic heterocycles. The second kappa shape index (κ2) is 5.58. The van der Waals surface area contributed by atoms with E-state index in [4.69, 9.17) is 28.3 Å². The van der Waals surface area contributed by atoms with Gasteiger partial charge in [-0.2, -0.15) is 0 Å². The molecule has 0 atom stereocenters. The molecule has 2 aromatic rings. The van der Waals surface area contributed by atoms with Gasteiger partial charge >= 0.3 is 5.97 Å². The van der Waals surface area contributed by atoms with Crippen LogP contribution < -0.4 is 4.90 Å². The fourth-order valence-corrected chi connectivity index (χ4v) is 3.13. The average molecular weight is 322 g/mol. The monoisotopic (exact) mass is 321 g/mol. The molecular formula is C16H13Cl2NO2. The summed E-state index contributed by atoms with van der Waals surface area (Å²) in [5.41, 5.74) is 3.27. The third-order valence-electron chi connectivity index (χ3n) is 3.73. The van der Waals surface area contributed by atoms with E-state index >= 15 is 0 Å². The van der Waals surface area contributed by atoms with Crippen LogP contribution in [0.5, 0.6) is 0 Å². The summed E-state index contributed by atoms with van der Waals surface area (Å²) in [6, 6.07) is 10.7. The highest BCUT2D eigenvalue weighted by molar-refractivity contribution is 6.36. The number of carboxylic acids is 1.